The van der Waals surface area contributed by atoms with Gasteiger partial charge in [-0.3, -0.25) is 14.1 Å². The molecule has 0 saturated heterocycles. The average molecular weight is 567 g/mol. The Morgan fingerprint density at radius 3 is 2.05 bits per heavy atom. The Bertz CT molecular complexity index is 1200. The maximum atomic E-state index is 12.8. The van der Waals surface area contributed by atoms with E-state index in [9.17, 15) is 32.8 Å². The van der Waals surface area contributed by atoms with Gasteiger partial charge >= 0.3 is 22.3 Å². The third-order valence-electron chi connectivity index (χ3n) is 13.8. The van der Waals surface area contributed by atoms with Crippen LogP contribution < -0.4 is 0 Å². The van der Waals surface area contributed by atoms with E-state index < -0.39 is 39.3 Å². The van der Waals surface area contributed by atoms with E-state index in [0.29, 0.717) is 25.7 Å². The lowest BCUT2D eigenvalue weighted by Crippen LogP contribution is -2.68. The summed E-state index contributed by atoms with van der Waals surface area (Å²) < 4.78 is 37.8. The molecule has 39 heavy (non-hydrogen) atoms. The Balaban J connectivity index is 1.55. The molecular weight excluding hydrogens is 520 g/mol. The molecule has 5 aliphatic rings. The predicted molar refractivity (Wildman–Crippen MR) is 145 cm³/mol. The van der Waals surface area contributed by atoms with Crippen molar-refractivity contribution in [3.05, 3.63) is 12.2 Å². The Hall–Kier alpha value is -1.45. The smallest absolute Gasteiger partial charge is 0.397 e. The van der Waals surface area contributed by atoms with Gasteiger partial charge in [-0.15, -0.1) is 0 Å². The molecule has 0 spiro atoms. The molecule has 11 atom stereocenters. The molecule has 0 aromatic heterocycles. The Kier molecular flexibility index (Phi) is 6.54. The van der Waals surface area contributed by atoms with E-state index in [1.807, 2.05) is 6.92 Å². The lowest BCUT2D eigenvalue weighted by Gasteiger charge is -2.72. The van der Waals surface area contributed by atoms with Gasteiger partial charge in [-0.1, -0.05) is 32.9 Å². The topological polar surface area (TPSA) is 138 Å². The number of rotatable bonds is 5. The van der Waals surface area contributed by atoms with Crippen LogP contribution in [0.1, 0.15) is 98.8 Å². The summed E-state index contributed by atoms with van der Waals surface area (Å²) in [6.07, 6.45) is 6.09. The number of carboxylic acids is 2. The number of allylic oxidation sites excluding steroid dienone is 1. The maximum absolute atomic E-state index is 12.8. The monoisotopic (exact) mass is 566 g/mol. The standard InChI is InChI=1S/C30H46O8S/c1-17(2)18-9-14-30(25(33)34)16-15-27(4)19(23(18)30)7-8-20-26(3)12-11-22(38-39(35,36)37)29(6,24(31)32)21(26)10-13-28(20,27)5/h18-23H,1,7-16H2,2-6H3,(H,31,32)(H,33,34)(H,35,36,37). The highest BCUT2D eigenvalue weighted by atomic mass is 32.3. The normalized spacial score (nSPS) is 51.1. The van der Waals surface area contributed by atoms with Crippen molar-refractivity contribution in [1.82, 2.24) is 0 Å². The predicted octanol–water partition coefficient (Wildman–Crippen LogP) is 5.98. The van der Waals surface area contributed by atoms with Crippen LogP contribution in [-0.4, -0.2) is 41.2 Å². The highest BCUT2D eigenvalue weighted by Crippen LogP contribution is 2.77. The highest BCUT2D eigenvalue weighted by molar-refractivity contribution is 7.80. The Labute approximate surface area is 232 Å². The summed E-state index contributed by atoms with van der Waals surface area (Å²) in [7, 11) is -4.80. The van der Waals surface area contributed by atoms with Crippen LogP contribution >= 0.6 is 0 Å². The Morgan fingerprint density at radius 1 is 0.821 bits per heavy atom. The average Bonchev–Trinajstić information content (AvgIpc) is 3.22. The number of carbonyl (C=O) groups is 2. The maximum Gasteiger partial charge on any atom is 0.397 e. The fourth-order valence-electron chi connectivity index (χ4n) is 11.8. The van der Waals surface area contributed by atoms with Gasteiger partial charge in [0, 0.05) is 0 Å². The first kappa shape index (κ1) is 29.1. The van der Waals surface area contributed by atoms with Crippen LogP contribution in [0, 0.1) is 56.7 Å². The second-order valence-electron chi connectivity index (χ2n) is 14.8. The van der Waals surface area contributed by atoms with E-state index in [1.54, 1.807) is 6.92 Å². The molecule has 0 bridgehead atoms. The second-order valence-corrected chi connectivity index (χ2v) is 15.8. The summed E-state index contributed by atoms with van der Waals surface area (Å²) >= 11 is 0. The van der Waals surface area contributed by atoms with Gasteiger partial charge in [-0.05, 0) is 124 Å². The third-order valence-corrected chi connectivity index (χ3v) is 14.3. The number of fused-ring (bicyclic) bond motifs is 7. The van der Waals surface area contributed by atoms with Gasteiger partial charge in [0.25, 0.3) is 0 Å². The van der Waals surface area contributed by atoms with Crippen LogP contribution in [0.2, 0.25) is 0 Å². The van der Waals surface area contributed by atoms with Gasteiger partial charge in [0.1, 0.15) is 0 Å². The molecule has 3 N–H and O–H groups in total. The van der Waals surface area contributed by atoms with E-state index in [0.717, 1.165) is 37.7 Å². The first-order valence-corrected chi connectivity index (χ1v) is 16.0. The molecule has 5 rings (SSSR count). The van der Waals surface area contributed by atoms with E-state index in [4.69, 9.17) is 4.18 Å². The molecular formula is C30H46O8S. The van der Waals surface area contributed by atoms with E-state index in [1.165, 1.54) is 0 Å². The largest absolute Gasteiger partial charge is 0.481 e. The van der Waals surface area contributed by atoms with E-state index >= 15 is 0 Å². The van der Waals surface area contributed by atoms with Gasteiger partial charge in [0.2, 0.25) is 0 Å². The number of carboxylic acid groups (broad SMARTS) is 2. The molecule has 0 aromatic carbocycles. The van der Waals surface area contributed by atoms with Crippen LogP contribution in [0.3, 0.4) is 0 Å². The summed E-state index contributed by atoms with van der Waals surface area (Å²) in [4.78, 5) is 25.6. The Morgan fingerprint density at radius 2 is 1.49 bits per heavy atom. The van der Waals surface area contributed by atoms with Crippen molar-refractivity contribution < 1.29 is 37.0 Å². The minimum absolute atomic E-state index is 0.0673. The first-order chi connectivity index (χ1) is 17.9. The summed E-state index contributed by atoms with van der Waals surface area (Å²) in [6, 6.07) is 0. The molecule has 0 aliphatic heterocycles. The van der Waals surface area contributed by atoms with Crippen molar-refractivity contribution >= 4 is 22.3 Å². The van der Waals surface area contributed by atoms with Crippen molar-refractivity contribution in [2.24, 2.45) is 56.7 Å². The quantitative estimate of drug-likeness (QED) is 0.273. The molecule has 0 heterocycles. The van der Waals surface area contributed by atoms with Crippen LogP contribution in [0.25, 0.3) is 0 Å². The zero-order valence-electron chi connectivity index (χ0n) is 24.0. The van der Waals surface area contributed by atoms with Crippen LogP contribution in [0.5, 0.6) is 0 Å². The van der Waals surface area contributed by atoms with Crippen LogP contribution in [0.4, 0.5) is 0 Å². The second kappa shape index (κ2) is 8.78. The van der Waals surface area contributed by atoms with Gasteiger partial charge in [-0.2, -0.15) is 8.42 Å². The fourth-order valence-corrected chi connectivity index (χ4v) is 12.4. The molecule has 0 aromatic rings. The van der Waals surface area contributed by atoms with Gasteiger partial charge in [0.05, 0.1) is 16.9 Å². The molecule has 0 radical (unpaired) electrons. The van der Waals surface area contributed by atoms with Crippen molar-refractivity contribution in [1.29, 1.82) is 0 Å². The van der Waals surface area contributed by atoms with Crippen LogP contribution in [-0.2, 0) is 24.2 Å². The number of hydrogen-bond donors (Lipinski definition) is 3. The van der Waals surface area contributed by atoms with Crippen LogP contribution in [0.15, 0.2) is 12.2 Å². The molecule has 0 amide bonds. The van der Waals surface area contributed by atoms with Crippen molar-refractivity contribution in [2.75, 3.05) is 0 Å². The molecule has 5 aliphatic carbocycles. The number of aliphatic carboxylic acids is 2. The van der Waals surface area contributed by atoms with Gasteiger partial charge < -0.3 is 10.2 Å². The lowest BCUT2D eigenvalue weighted by molar-refractivity contribution is -0.249. The summed E-state index contributed by atoms with van der Waals surface area (Å²) in [5.41, 5.74) is -1.60. The summed E-state index contributed by atoms with van der Waals surface area (Å²) in [5.74, 6) is -1.29. The SMILES string of the molecule is C=C(C)C1CCC2(C(=O)O)CCC3(C)C(CCC4C5(C)CCC(OS(=O)(=O)O)C(C)(C(=O)O)C5CCC43C)C12. The highest BCUT2D eigenvalue weighted by Gasteiger charge is 2.73. The molecule has 8 nitrogen and oxygen atoms in total. The molecule has 5 saturated carbocycles. The lowest BCUT2D eigenvalue weighted by atomic mass is 9.32. The summed E-state index contributed by atoms with van der Waals surface area (Å²) in [6.45, 7) is 14.9. The van der Waals surface area contributed by atoms with Crippen molar-refractivity contribution in [3.8, 4) is 0 Å². The molecule has 11 unspecified atom stereocenters. The minimum atomic E-state index is -4.80. The third kappa shape index (κ3) is 3.70. The van der Waals surface area contributed by atoms with Gasteiger partial charge in [-0.25, -0.2) is 4.18 Å². The molecule has 9 heteroatoms. The minimum Gasteiger partial charge on any atom is -0.481 e. The van der Waals surface area contributed by atoms with Crippen molar-refractivity contribution in [2.45, 2.75) is 105 Å². The van der Waals surface area contributed by atoms with Crippen molar-refractivity contribution in [3.63, 3.8) is 0 Å². The summed E-state index contributed by atoms with van der Waals surface area (Å²) in [5, 5.41) is 21.0. The van der Waals surface area contributed by atoms with E-state index in [2.05, 4.69) is 27.4 Å². The first-order valence-electron chi connectivity index (χ1n) is 14.7. The van der Waals surface area contributed by atoms with Gasteiger partial charge in [0.15, 0.2) is 0 Å². The van der Waals surface area contributed by atoms with E-state index in [-0.39, 0.29) is 52.3 Å². The zero-order valence-corrected chi connectivity index (χ0v) is 24.8. The fraction of sp³-hybridized carbons (Fsp3) is 0.867. The molecule has 5 fully saturated rings. The zero-order chi connectivity index (χ0) is 29.0. The molecule has 220 valence electrons. The number of hydrogen-bond acceptors (Lipinski definition) is 5.